The zero-order valence-electron chi connectivity index (χ0n) is 17.2. The summed E-state index contributed by atoms with van der Waals surface area (Å²) in [5.41, 5.74) is 1.70. The first kappa shape index (κ1) is 20.4. The Balaban J connectivity index is 1.27. The second-order valence-corrected chi connectivity index (χ2v) is 8.30. The van der Waals surface area contributed by atoms with Crippen LogP contribution in [0, 0.1) is 11.7 Å². The molecule has 5 nitrogen and oxygen atoms in total. The highest BCUT2D eigenvalue weighted by Gasteiger charge is 2.44. The van der Waals surface area contributed by atoms with E-state index in [0.717, 1.165) is 24.2 Å². The van der Waals surface area contributed by atoms with Gasteiger partial charge in [0.1, 0.15) is 11.6 Å². The van der Waals surface area contributed by atoms with Crippen LogP contribution in [0.3, 0.4) is 0 Å². The van der Waals surface area contributed by atoms with Gasteiger partial charge in [-0.1, -0.05) is 12.1 Å². The standard InChI is InChI=1S/C24H27FN2O3/c1-30-21-8-2-17(3-9-21)22(28)18-10-14-27(15-11-18)23(29)26-16-24(12-13-24)19-4-6-20(25)7-5-19/h2-9,18H,10-16H2,1H3,(H,26,29). The number of Topliss-reactive ketones (excluding diaryl/α,β-unsaturated/α-hetero) is 1. The average molecular weight is 410 g/mol. The van der Waals surface area contributed by atoms with E-state index in [-0.39, 0.29) is 29.0 Å². The molecule has 1 aliphatic heterocycles. The van der Waals surface area contributed by atoms with Gasteiger partial charge >= 0.3 is 6.03 Å². The van der Waals surface area contributed by atoms with E-state index in [9.17, 15) is 14.0 Å². The quantitative estimate of drug-likeness (QED) is 0.727. The molecule has 2 aliphatic rings. The number of halogens is 1. The first-order chi connectivity index (χ1) is 14.5. The summed E-state index contributed by atoms with van der Waals surface area (Å²) in [6.45, 7) is 1.70. The molecule has 2 aromatic carbocycles. The number of ether oxygens (including phenoxy) is 1. The zero-order valence-corrected chi connectivity index (χ0v) is 17.2. The van der Waals surface area contributed by atoms with Crippen molar-refractivity contribution in [1.82, 2.24) is 10.2 Å². The van der Waals surface area contributed by atoms with Crippen LogP contribution in [-0.2, 0) is 5.41 Å². The summed E-state index contributed by atoms with van der Waals surface area (Å²) in [5.74, 6) is 0.556. The molecule has 1 N–H and O–H groups in total. The Morgan fingerprint density at radius 1 is 1.07 bits per heavy atom. The van der Waals surface area contributed by atoms with Crippen molar-refractivity contribution in [2.75, 3.05) is 26.7 Å². The molecule has 158 valence electrons. The second-order valence-electron chi connectivity index (χ2n) is 8.30. The molecule has 0 aromatic heterocycles. The van der Waals surface area contributed by atoms with E-state index in [0.29, 0.717) is 38.0 Å². The minimum atomic E-state index is -0.245. The third-order valence-electron chi connectivity index (χ3n) is 6.42. The third-order valence-corrected chi connectivity index (χ3v) is 6.42. The summed E-state index contributed by atoms with van der Waals surface area (Å²) in [7, 11) is 1.60. The lowest BCUT2D eigenvalue weighted by molar-refractivity contribution is 0.0854. The molecule has 1 saturated heterocycles. The Labute approximate surface area is 176 Å². The number of amides is 2. The SMILES string of the molecule is COc1ccc(C(=O)C2CCN(C(=O)NCC3(c4ccc(F)cc4)CC3)CC2)cc1. The third kappa shape index (κ3) is 4.32. The first-order valence-electron chi connectivity index (χ1n) is 10.5. The molecular weight excluding hydrogens is 383 g/mol. The number of urea groups is 1. The summed E-state index contributed by atoms with van der Waals surface area (Å²) >= 11 is 0. The Kier molecular flexibility index (Phi) is 5.75. The number of hydrogen-bond acceptors (Lipinski definition) is 3. The van der Waals surface area contributed by atoms with Crippen molar-refractivity contribution in [2.24, 2.45) is 5.92 Å². The zero-order chi connectivity index (χ0) is 21.1. The first-order valence-corrected chi connectivity index (χ1v) is 10.5. The van der Waals surface area contributed by atoms with Crippen molar-refractivity contribution >= 4 is 11.8 Å². The summed E-state index contributed by atoms with van der Waals surface area (Å²) in [6, 6.07) is 13.7. The van der Waals surface area contributed by atoms with Crippen LogP contribution in [0.2, 0.25) is 0 Å². The number of piperidine rings is 1. The fourth-order valence-corrected chi connectivity index (χ4v) is 4.21. The van der Waals surface area contributed by atoms with Crippen LogP contribution >= 0.6 is 0 Å². The number of methoxy groups -OCH3 is 1. The minimum absolute atomic E-state index is 0.0589. The highest BCUT2D eigenvalue weighted by atomic mass is 19.1. The van der Waals surface area contributed by atoms with Crippen molar-refractivity contribution in [2.45, 2.75) is 31.1 Å². The Morgan fingerprint density at radius 3 is 2.27 bits per heavy atom. The van der Waals surface area contributed by atoms with Crippen molar-refractivity contribution in [3.63, 3.8) is 0 Å². The molecule has 0 atom stereocenters. The number of nitrogens with one attached hydrogen (secondary N) is 1. The van der Waals surface area contributed by atoms with Crippen molar-refractivity contribution < 1.29 is 18.7 Å². The lowest BCUT2D eigenvalue weighted by atomic mass is 9.89. The van der Waals surface area contributed by atoms with Crippen LogP contribution in [0.5, 0.6) is 5.75 Å². The molecule has 0 unspecified atom stereocenters. The topological polar surface area (TPSA) is 58.6 Å². The highest BCUT2D eigenvalue weighted by Crippen LogP contribution is 2.47. The summed E-state index contributed by atoms with van der Waals surface area (Å²) in [6.07, 6.45) is 3.33. The number of rotatable bonds is 6. The van der Waals surface area contributed by atoms with E-state index in [4.69, 9.17) is 4.74 Å². The predicted octanol–water partition coefficient (Wildman–Crippen LogP) is 4.17. The number of carbonyl (C=O) groups excluding carboxylic acids is 2. The molecule has 30 heavy (non-hydrogen) atoms. The highest BCUT2D eigenvalue weighted by molar-refractivity contribution is 5.98. The van der Waals surface area contributed by atoms with E-state index in [1.807, 2.05) is 12.1 Å². The average Bonchev–Trinajstić information content (AvgIpc) is 3.59. The molecule has 0 spiro atoms. The summed E-state index contributed by atoms with van der Waals surface area (Å²) in [4.78, 5) is 27.2. The molecule has 2 fully saturated rings. The molecule has 2 aromatic rings. The van der Waals surface area contributed by atoms with E-state index in [1.165, 1.54) is 12.1 Å². The molecule has 2 amide bonds. The van der Waals surface area contributed by atoms with Crippen LogP contribution < -0.4 is 10.1 Å². The van der Waals surface area contributed by atoms with Crippen LogP contribution in [0.4, 0.5) is 9.18 Å². The summed E-state index contributed by atoms with van der Waals surface area (Å²) < 4.78 is 18.3. The van der Waals surface area contributed by atoms with Gasteiger partial charge in [0, 0.05) is 36.5 Å². The minimum Gasteiger partial charge on any atom is -0.497 e. The smallest absolute Gasteiger partial charge is 0.317 e. The normalized spacial score (nSPS) is 18.0. The fraction of sp³-hybridized carbons (Fsp3) is 0.417. The van der Waals surface area contributed by atoms with E-state index >= 15 is 0 Å². The largest absolute Gasteiger partial charge is 0.497 e. The number of benzene rings is 2. The monoisotopic (exact) mass is 410 g/mol. The van der Waals surface area contributed by atoms with E-state index < -0.39 is 0 Å². The van der Waals surface area contributed by atoms with Gasteiger partial charge in [-0.15, -0.1) is 0 Å². The number of likely N-dealkylation sites (tertiary alicyclic amines) is 1. The van der Waals surface area contributed by atoms with Gasteiger partial charge in [-0.2, -0.15) is 0 Å². The van der Waals surface area contributed by atoms with Gasteiger partial charge in [-0.25, -0.2) is 9.18 Å². The molecule has 0 radical (unpaired) electrons. The lowest BCUT2D eigenvalue weighted by Crippen LogP contribution is -2.47. The van der Waals surface area contributed by atoms with Gasteiger partial charge in [-0.05, 0) is 67.6 Å². The number of nitrogens with zero attached hydrogens (tertiary/aromatic N) is 1. The van der Waals surface area contributed by atoms with E-state index in [1.54, 1.807) is 36.3 Å². The Morgan fingerprint density at radius 2 is 1.70 bits per heavy atom. The van der Waals surface area contributed by atoms with Gasteiger partial charge in [0.05, 0.1) is 7.11 Å². The molecule has 1 aliphatic carbocycles. The number of ketones is 1. The molecule has 0 bridgehead atoms. The van der Waals surface area contributed by atoms with Crippen molar-refractivity contribution in [1.29, 1.82) is 0 Å². The lowest BCUT2D eigenvalue weighted by Gasteiger charge is -2.32. The molecule has 6 heteroatoms. The van der Waals surface area contributed by atoms with Crippen LogP contribution in [0.1, 0.15) is 41.6 Å². The molecular formula is C24H27FN2O3. The fourth-order valence-electron chi connectivity index (χ4n) is 4.21. The van der Waals surface area contributed by atoms with Gasteiger partial charge < -0.3 is 15.0 Å². The van der Waals surface area contributed by atoms with Gasteiger partial charge in [0.15, 0.2) is 5.78 Å². The van der Waals surface area contributed by atoms with Crippen LogP contribution in [0.25, 0.3) is 0 Å². The molecule has 1 saturated carbocycles. The maximum absolute atomic E-state index is 13.2. The Hall–Kier alpha value is -2.89. The maximum atomic E-state index is 13.2. The summed E-state index contributed by atoms with van der Waals surface area (Å²) in [5, 5.41) is 3.05. The Bertz CT molecular complexity index is 899. The second kappa shape index (κ2) is 8.46. The van der Waals surface area contributed by atoms with Gasteiger partial charge in [0.2, 0.25) is 0 Å². The van der Waals surface area contributed by atoms with Gasteiger partial charge in [0.25, 0.3) is 0 Å². The van der Waals surface area contributed by atoms with Gasteiger partial charge in [-0.3, -0.25) is 4.79 Å². The number of hydrogen-bond donors (Lipinski definition) is 1. The molecule has 1 heterocycles. The van der Waals surface area contributed by atoms with E-state index in [2.05, 4.69) is 5.32 Å². The maximum Gasteiger partial charge on any atom is 0.317 e. The van der Waals surface area contributed by atoms with Crippen molar-refractivity contribution in [3.05, 3.63) is 65.5 Å². The molecule has 4 rings (SSSR count). The number of carbonyl (C=O) groups is 2. The van der Waals surface area contributed by atoms with Crippen molar-refractivity contribution in [3.8, 4) is 5.75 Å². The van der Waals surface area contributed by atoms with Crippen LogP contribution in [-0.4, -0.2) is 43.5 Å². The van der Waals surface area contributed by atoms with Crippen LogP contribution in [0.15, 0.2) is 48.5 Å². The predicted molar refractivity (Wildman–Crippen MR) is 112 cm³/mol.